The van der Waals surface area contributed by atoms with Crippen LogP contribution in [0.4, 0.5) is 4.79 Å². The van der Waals surface area contributed by atoms with E-state index in [-0.39, 0.29) is 5.56 Å². The number of imide groups is 1. The molecule has 0 aromatic carbocycles. The zero-order valence-corrected chi connectivity index (χ0v) is 9.40. The van der Waals surface area contributed by atoms with Crippen LogP contribution in [0.2, 0.25) is 0 Å². The number of esters is 1. The molecule has 0 saturated heterocycles. The van der Waals surface area contributed by atoms with Gasteiger partial charge in [-0.2, -0.15) is 0 Å². The van der Waals surface area contributed by atoms with Crippen LogP contribution in [0.1, 0.15) is 21.9 Å². The van der Waals surface area contributed by atoms with Gasteiger partial charge in [0.05, 0.1) is 0 Å². The van der Waals surface area contributed by atoms with Crippen molar-refractivity contribution in [2.45, 2.75) is 13.8 Å². The van der Waals surface area contributed by atoms with Crippen LogP contribution in [-0.2, 0) is 9.53 Å². The first-order valence-corrected chi connectivity index (χ1v) is 4.73. The molecular weight excluding hydrogens is 228 g/mol. The van der Waals surface area contributed by atoms with Crippen LogP contribution < -0.4 is 11.1 Å². The Kier molecular flexibility index (Phi) is 3.86. The minimum Gasteiger partial charge on any atom is -0.466 e. The lowest BCUT2D eigenvalue weighted by molar-refractivity contribution is -0.123. The van der Waals surface area contributed by atoms with Gasteiger partial charge in [0.15, 0.2) is 6.61 Å². The molecule has 3 amide bonds. The van der Waals surface area contributed by atoms with Crippen LogP contribution in [0, 0.1) is 13.8 Å². The number of ether oxygens (including phenoxy) is 1. The molecule has 0 radical (unpaired) electrons. The summed E-state index contributed by atoms with van der Waals surface area (Å²) in [6.07, 6.45) is 0. The lowest BCUT2D eigenvalue weighted by atomic mass is 10.2. The Morgan fingerprint density at radius 2 is 2.06 bits per heavy atom. The molecule has 0 aliphatic carbocycles. The first kappa shape index (κ1) is 12.8. The lowest BCUT2D eigenvalue weighted by Gasteiger charge is -2.02. The topological polar surface area (TPSA) is 112 Å². The zero-order chi connectivity index (χ0) is 13.0. The van der Waals surface area contributed by atoms with Crippen molar-refractivity contribution in [2.24, 2.45) is 5.73 Å². The summed E-state index contributed by atoms with van der Waals surface area (Å²) in [5.74, 6) is -0.512. The van der Waals surface area contributed by atoms with Crippen LogP contribution in [0.25, 0.3) is 0 Å². The summed E-state index contributed by atoms with van der Waals surface area (Å²) >= 11 is 0. The monoisotopic (exact) mass is 240 g/mol. The number of nitrogens with two attached hydrogens (primary N) is 1. The fourth-order valence-corrected chi connectivity index (χ4v) is 1.22. The molecule has 1 aromatic rings. The second-order valence-electron chi connectivity index (χ2n) is 3.32. The highest BCUT2D eigenvalue weighted by atomic mass is 16.5. The van der Waals surface area contributed by atoms with Crippen molar-refractivity contribution in [1.29, 1.82) is 0 Å². The number of nitrogens with one attached hydrogen (secondary N) is 1. The summed E-state index contributed by atoms with van der Waals surface area (Å²) < 4.78 is 9.80. The Balaban J connectivity index is 2.53. The van der Waals surface area contributed by atoms with Crippen molar-refractivity contribution in [1.82, 2.24) is 5.32 Å². The molecule has 92 valence electrons. The lowest BCUT2D eigenvalue weighted by Crippen LogP contribution is -2.37. The van der Waals surface area contributed by atoms with Crippen LogP contribution in [0.15, 0.2) is 10.5 Å². The molecule has 7 nitrogen and oxygen atoms in total. The quantitative estimate of drug-likeness (QED) is 0.735. The molecular formula is C10H12N2O5. The Labute approximate surface area is 96.9 Å². The number of aryl methyl sites for hydroxylation is 2. The van der Waals surface area contributed by atoms with Gasteiger partial charge in [-0.3, -0.25) is 10.1 Å². The van der Waals surface area contributed by atoms with Gasteiger partial charge in [-0.25, -0.2) is 9.59 Å². The molecule has 17 heavy (non-hydrogen) atoms. The third-order valence-corrected chi connectivity index (χ3v) is 1.86. The van der Waals surface area contributed by atoms with Crippen molar-refractivity contribution in [2.75, 3.05) is 6.61 Å². The number of rotatable bonds is 3. The maximum absolute atomic E-state index is 11.5. The standard InChI is InChI=1S/C10H12N2O5/c1-5-3-7(6(2)17-5)9(14)16-4-8(13)12-10(11)15/h3H,4H2,1-2H3,(H3,11,12,13,15). The van der Waals surface area contributed by atoms with E-state index in [4.69, 9.17) is 10.2 Å². The van der Waals surface area contributed by atoms with Gasteiger partial charge in [0, 0.05) is 0 Å². The Hall–Kier alpha value is -2.31. The number of furan rings is 1. The summed E-state index contributed by atoms with van der Waals surface area (Å²) in [6, 6.07) is 0.505. The van der Waals surface area contributed by atoms with Crippen molar-refractivity contribution in [3.8, 4) is 0 Å². The Bertz CT molecular complexity index is 463. The number of amides is 3. The molecule has 0 aliphatic heterocycles. The molecule has 0 fully saturated rings. The average molecular weight is 240 g/mol. The molecule has 1 rings (SSSR count). The van der Waals surface area contributed by atoms with E-state index in [9.17, 15) is 14.4 Å². The van der Waals surface area contributed by atoms with Gasteiger partial charge in [-0.05, 0) is 19.9 Å². The maximum Gasteiger partial charge on any atom is 0.342 e. The van der Waals surface area contributed by atoms with Crippen molar-refractivity contribution in [3.63, 3.8) is 0 Å². The van der Waals surface area contributed by atoms with Crippen LogP contribution in [0.3, 0.4) is 0 Å². The smallest absolute Gasteiger partial charge is 0.342 e. The van der Waals surface area contributed by atoms with Gasteiger partial charge < -0.3 is 14.9 Å². The predicted octanol–water partition coefficient (Wildman–Crippen LogP) is 0.248. The van der Waals surface area contributed by atoms with E-state index in [2.05, 4.69) is 4.74 Å². The number of urea groups is 1. The average Bonchev–Trinajstić information content (AvgIpc) is 2.53. The normalized spacial score (nSPS) is 9.76. The molecule has 0 atom stereocenters. The predicted molar refractivity (Wildman–Crippen MR) is 56.2 cm³/mol. The van der Waals surface area contributed by atoms with E-state index in [1.54, 1.807) is 19.2 Å². The van der Waals surface area contributed by atoms with Crippen molar-refractivity contribution >= 4 is 17.9 Å². The number of primary amides is 1. The van der Waals surface area contributed by atoms with E-state index in [0.717, 1.165) is 0 Å². The number of carbonyl (C=O) groups excluding carboxylic acids is 3. The Morgan fingerprint density at radius 1 is 1.41 bits per heavy atom. The molecule has 1 aromatic heterocycles. The molecule has 0 aliphatic rings. The first-order valence-electron chi connectivity index (χ1n) is 4.73. The zero-order valence-electron chi connectivity index (χ0n) is 9.40. The first-order chi connectivity index (χ1) is 7.90. The fraction of sp³-hybridized carbons (Fsp3) is 0.300. The molecule has 7 heteroatoms. The van der Waals surface area contributed by atoms with Gasteiger partial charge >= 0.3 is 12.0 Å². The molecule has 0 unspecified atom stereocenters. The molecule has 0 bridgehead atoms. The summed E-state index contributed by atoms with van der Waals surface area (Å²) in [5, 5.41) is 1.77. The largest absolute Gasteiger partial charge is 0.466 e. The van der Waals surface area contributed by atoms with Gasteiger partial charge in [-0.15, -0.1) is 0 Å². The minimum absolute atomic E-state index is 0.245. The van der Waals surface area contributed by atoms with E-state index < -0.39 is 24.5 Å². The van der Waals surface area contributed by atoms with Crippen molar-refractivity contribution in [3.05, 3.63) is 23.2 Å². The summed E-state index contributed by atoms with van der Waals surface area (Å²) in [4.78, 5) is 32.8. The molecule has 3 N–H and O–H groups in total. The highest BCUT2D eigenvalue weighted by Crippen LogP contribution is 2.14. The maximum atomic E-state index is 11.5. The van der Waals surface area contributed by atoms with E-state index in [1.807, 2.05) is 0 Å². The fourth-order valence-electron chi connectivity index (χ4n) is 1.22. The second kappa shape index (κ2) is 5.15. The highest BCUT2D eigenvalue weighted by molar-refractivity contribution is 5.96. The molecule has 0 spiro atoms. The minimum atomic E-state index is -0.999. The third kappa shape index (κ3) is 3.63. The SMILES string of the molecule is Cc1cc(C(=O)OCC(=O)NC(N)=O)c(C)o1. The summed E-state index contributed by atoms with van der Waals surface area (Å²) in [7, 11) is 0. The summed E-state index contributed by atoms with van der Waals surface area (Å²) in [6.45, 7) is 2.71. The summed E-state index contributed by atoms with van der Waals surface area (Å²) in [5.41, 5.74) is 4.96. The highest BCUT2D eigenvalue weighted by Gasteiger charge is 2.16. The molecule has 1 heterocycles. The van der Waals surface area contributed by atoms with E-state index in [0.29, 0.717) is 11.5 Å². The van der Waals surface area contributed by atoms with Gasteiger partial charge in [0.1, 0.15) is 17.1 Å². The Morgan fingerprint density at radius 3 is 2.53 bits per heavy atom. The van der Waals surface area contributed by atoms with E-state index in [1.165, 1.54) is 6.07 Å². The van der Waals surface area contributed by atoms with Gasteiger partial charge in [0.25, 0.3) is 5.91 Å². The second-order valence-corrected chi connectivity index (χ2v) is 3.32. The number of carbonyl (C=O) groups is 3. The van der Waals surface area contributed by atoms with Crippen LogP contribution >= 0.6 is 0 Å². The number of hydrogen-bond acceptors (Lipinski definition) is 5. The third-order valence-electron chi connectivity index (χ3n) is 1.86. The van der Waals surface area contributed by atoms with E-state index >= 15 is 0 Å². The van der Waals surface area contributed by atoms with Crippen LogP contribution in [0.5, 0.6) is 0 Å². The van der Waals surface area contributed by atoms with Gasteiger partial charge in [0.2, 0.25) is 0 Å². The van der Waals surface area contributed by atoms with Crippen molar-refractivity contribution < 1.29 is 23.5 Å². The molecule has 0 saturated carbocycles. The van der Waals surface area contributed by atoms with Gasteiger partial charge in [-0.1, -0.05) is 0 Å². The van der Waals surface area contributed by atoms with Crippen LogP contribution in [-0.4, -0.2) is 24.5 Å². The number of hydrogen-bond donors (Lipinski definition) is 2.